The van der Waals surface area contributed by atoms with E-state index in [-0.39, 0.29) is 0 Å². The van der Waals surface area contributed by atoms with Gasteiger partial charge in [0.05, 0.1) is 0 Å². The predicted octanol–water partition coefficient (Wildman–Crippen LogP) is 3.04. The van der Waals surface area contributed by atoms with E-state index in [9.17, 15) is 0 Å². The van der Waals surface area contributed by atoms with Gasteiger partial charge >= 0.3 is 0 Å². The van der Waals surface area contributed by atoms with E-state index in [1.807, 2.05) is 0 Å². The maximum Gasteiger partial charge on any atom is -0.00691 e. The molecule has 0 radical (unpaired) electrons. The molecule has 66 valence electrons. The zero-order valence-corrected chi connectivity index (χ0v) is 8.79. The number of hydrogen-bond acceptors (Lipinski definition) is 2. The smallest absolute Gasteiger partial charge is 0.00691 e. The van der Waals surface area contributed by atoms with Gasteiger partial charge in [-0.15, -0.1) is 0 Å². The first-order valence-electron chi connectivity index (χ1n) is 4.58. The van der Waals surface area contributed by atoms with Gasteiger partial charge in [0, 0.05) is 0 Å². The van der Waals surface area contributed by atoms with E-state index in [0.29, 0.717) is 0 Å². The fourth-order valence-electron chi connectivity index (χ4n) is 1.67. The van der Waals surface area contributed by atoms with E-state index in [1.165, 1.54) is 32.1 Å². The van der Waals surface area contributed by atoms with Crippen LogP contribution in [0.2, 0.25) is 0 Å². The summed E-state index contributed by atoms with van der Waals surface area (Å²) in [6, 6.07) is 0. The molecule has 11 heavy (non-hydrogen) atoms. The van der Waals surface area contributed by atoms with Gasteiger partial charge in [0.2, 0.25) is 0 Å². The van der Waals surface area contributed by atoms with Crippen molar-refractivity contribution in [3.63, 3.8) is 0 Å². The van der Waals surface area contributed by atoms with E-state index >= 15 is 0 Å². The van der Waals surface area contributed by atoms with E-state index in [0.717, 1.165) is 23.3 Å². The molecule has 0 aromatic heterocycles. The van der Waals surface area contributed by atoms with Gasteiger partial charge in [-0.25, -0.2) is 0 Å². The highest BCUT2D eigenvalue weighted by molar-refractivity contribution is 7.80. The standard InChI is InChI=1S/C9H18S2/c10-5-4-9(7-11)6-8-2-1-3-8/h8-11H,1-7H2. The van der Waals surface area contributed by atoms with Crippen molar-refractivity contribution in [2.24, 2.45) is 11.8 Å². The Labute approximate surface area is 81.0 Å². The third-order valence-corrected chi connectivity index (χ3v) is 3.46. The summed E-state index contributed by atoms with van der Waals surface area (Å²) in [7, 11) is 0. The van der Waals surface area contributed by atoms with Crippen molar-refractivity contribution in [1.29, 1.82) is 0 Å². The normalized spacial score (nSPS) is 21.3. The summed E-state index contributed by atoms with van der Waals surface area (Å²) in [4.78, 5) is 0. The number of thiol groups is 2. The topological polar surface area (TPSA) is 0 Å². The van der Waals surface area contributed by atoms with Crippen LogP contribution in [0.4, 0.5) is 0 Å². The molecular formula is C9H18S2. The van der Waals surface area contributed by atoms with Crippen molar-refractivity contribution in [1.82, 2.24) is 0 Å². The molecular weight excluding hydrogens is 172 g/mol. The lowest BCUT2D eigenvalue weighted by Crippen LogP contribution is -2.17. The molecule has 1 atom stereocenters. The average Bonchev–Trinajstić information content (AvgIpc) is 1.94. The Morgan fingerprint density at radius 3 is 2.36 bits per heavy atom. The van der Waals surface area contributed by atoms with Crippen LogP contribution in [-0.4, -0.2) is 11.5 Å². The molecule has 1 aliphatic rings. The van der Waals surface area contributed by atoms with Crippen molar-refractivity contribution < 1.29 is 0 Å². The molecule has 0 aromatic rings. The van der Waals surface area contributed by atoms with Crippen LogP contribution >= 0.6 is 25.3 Å². The van der Waals surface area contributed by atoms with Crippen LogP contribution in [0.25, 0.3) is 0 Å². The van der Waals surface area contributed by atoms with Gasteiger partial charge in [0.15, 0.2) is 0 Å². The average molecular weight is 190 g/mol. The Kier molecular flexibility index (Phi) is 4.77. The molecule has 0 amide bonds. The van der Waals surface area contributed by atoms with Crippen LogP contribution in [-0.2, 0) is 0 Å². The molecule has 0 saturated heterocycles. The van der Waals surface area contributed by atoms with Crippen molar-refractivity contribution >= 4 is 25.3 Å². The Bertz CT molecular complexity index is 99.7. The minimum Gasteiger partial charge on any atom is -0.179 e. The second-order valence-electron chi connectivity index (χ2n) is 3.59. The maximum absolute atomic E-state index is 4.35. The monoisotopic (exact) mass is 190 g/mol. The molecule has 1 saturated carbocycles. The third kappa shape index (κ3) is 3.29. The van der Waals surface area contributed by atoms with Crippen molar-refractivity contribution in [2.75, 3.05) is 11.5 Å². The largest absolute Gasteiger partial charge is 0.179 e. The Hall–Kier alpha value is 0.700. The molecule has 1 unspecified atom stereocenters. The lowest BCUT2D eigenvalue weighted by molar-refractivity contribution is 0.257. The minimum absolute atomic E-state index is 0.834. The van der Waals surface area contributed by atoms with Crippen LogP contribution in [0, 0.1) is 11.8 Å². The maximum atomic E-state index is 4.35. The highest BCUT2D eigenvalue weighted by atomic mass is 32.1. The summed E-state index contributed by atoms with van der Waals surface area (Å²) >= 11 is 8.60. The van der Waals surface area contributed by atoms with Gasteiger partial charge < -0.3 is 0 Å². The lowest BCUT2D eigenvalue weighted by Gasteiger charge is -2.28. The summed E-state index contributed by atoms with van der Waals surface area (Å²) in [6.07, 6.45) is 7.06. The highest BCUT2D eigenvalue weighted by Crippen LogP contribution is 2.33. The van der Waals surface area contributed by atoms with Gasteiger partial charge in [0.1, 0.15) is 0 Å². The quantitative estimate of drug-likeness (QED) is 0.612. The fraction of sp³-hybridized carbons (Fsp3) is 1.00. The van der Waals surface area contributed by atoms with Crippen LogP contribution in [0.5, 0.6) is 0 Å². The molecule has 2 heteroatoms. The van der Waals surface area contributed by atoms with Gasteiger partial charge in [-0.2, -0.15) is 25.3 Å². The summed E-state index contributed by atoms with van der Waals surface area (Å²) in [5.41, 5.74) is 0. The van der Waals surface area contributed by atoms with Crippen LogP contribution in [0.3, 0.4) is 0 Å². The molecule has 1 rings (SSSR count). The second kappa shape index (κ2) is 5.36. The molecule has 0 aliphatic heterocycles. The summed E-state index contributed by atoms with van der Waals surface area (Å²) < 4.78 is 0. The summed E-state index contributed by atoms with van der Waals surface area (Å²) in [5, 5.41) is 0. The van der Waals surface area contributed by atoms with E-state index in [4.69, 9.17) is 0 Å². The van der Waals surface area contributed by atoms with Crippen molar-refractivity contribution in [2.45, 2.75) is 32.1 Å². The molecule has 0 bridgehead atoms. The van der Waals surface area contributed by atoms with E-state index in [1.54, 1.807) is 0 Å². The molecule has 0 spiro atoms. The first-order chi connectivity index (χ1) is 5.36. The Balaban J connectivity index is 2.08. The van der Waals surface area contributed by atoms with Gasteiger partial charge in [-0.05, 0) is 36.2 Å². The number of hydrogen-bond donors (Lipinski definition) is 2. The molecule has 0 N–H and O–H groups in total. The summed E-state index contributed by atoms with van der Waals surface area (Å²) in [6.45, 7) is 0. The van der Waals surface area contributed by atoms with Gasteiger partial charge in [-0.1, -0.05) is 19.3 Å². The molecule has 0 heterocycles. The third-order valence-electron chi connectivity index (χ3n) is 2.69. The van der Waals surface area contributed by atoms with Crippen LogP contribution in [0.1, 0.15) is 32.1 Å². The summed E-state index contributed by atoms with van der Waals surface area (Å²) in [5.74, 6) is 3.95. The first-order valence-corrected chi connectivity index (χ1v) is 5.85. The number of rotatable bonds is 5. The predicted molar refractivity (Wildman–Crippen MR) is 57.8 cm³/mol. The lowest BCUT2D eigenvalue weighted by atomic mass is 9.79. The van der Waals surface area contributed by atoms with Crippen LogP contribution in [0.15, 0.2) is 0 Å². The highest BCUT2D eigenvalue weighted by Gasteiger charge is 2.20. The fourth-order valence-corrected chi connectivity index (χ4v) is 2.36. The molecule has 0 nitrogen and oxygen atoms in total. The Morgan fingerprint density at radius 2 is 2.00 bits per heavy atom. The zero-order valence-electron chi connectivity index (χ0n) is 7.00. The van der Waals surface area contributed by atoms with Crippen molar-refractivity contribution in [3.8, 4) is 0 Å². The first kappa shape index (κ1) is 9.79. The zero-order chi connectivity index (χ0) is 8.10. The Morgan fingerprint density at radius 1 is 1.27 bits per heavy atom. The van der Waals surface area contributed by atoms with E-state index < -0.39 is 0 Å². The van der Waals surface area contributed by atoms with E-state index in [2.05, 4.69) is 25.3 Å². The van der Waals surface area contributed by atoms with Crippen LogP contribution < -0.4 is 0 Å². The van der Waals surface area contributed by atoms with Crippen molar-refractivity contribution in [3.05, 3.63) is 0 Å². The minimum atomic E-state index is 0.834. The van der Waals surface area contributed by atoms with Gasteiger partial charge in [-0.3, -0.25) is 0 Å². The molecule has 0 aromatic carbocycles. The second-order valence-corrected chi connectivity index (χ2v) is 4.41. The molecule has 1 aliphatic carbocycles. The van der Waals surface area contributed by atoms with Gasteiger partial charge in [0.25, 0.3) is 0 Å². The molecule has 1 fully saturated rings. The SMILES string of the molecule is SCCC(CS)CC1CCC1.